The Balaban J connectivity index is 1.80. The highest BCUT2D eigenvalue weighted by atomic mass is 16.3. The predicted molar refractivity (Wildman–Crippen MR) is 89.3 cm³/mol. The summed E-state index contributed by atoms with van der Waals surface area (Å²) in [6.07, 6.45) is -0.558. The van der Waals surface area contributed by atoms with E-state index < -0.39 is 12.2 Å². The molecule has 118 valence electrons. The van der Waals surface area contributed by atoms with E-state index in [9.17, 15) is 10.2 Å². The molecular weight excluding hydrogens is 276 g/mol. The Hall–Kier alpha value is -1.88. The largest absolute Gasteiger partial charge is 0.399 e. The van der Waals surface area contributed by atoms with E-state index in [0.717, 1.165) is 11.1 Å². The number of aliphatic hydroxyl groups is 2. The van der Waals surface area contributed by atoms with Gasteiger partial charge in [0.2, 0.25) is 0 Å². The van der Waals surface area contributed by atoms with E-state index in [-0.39, 0.29) is 6.04 Å². The lowest BCUT2D eigenvalue weighted by Crippen LogP contribution is -2.33. The average Bonchev–Trinajstić information content (AvgIpc) is 2.54. The summed E-state index contributed by atoms with van der Waals surface area (Å²) in [6.45, 7) is 2.55. The summed E-state index contributed by atoms with van der Waals surface area (Å²) in [6, 6.07) is 16.8. The molecule has 0 heterocycles. The van der Waals surface area contributed by atoms with Crippen LogP contribution in [0.3, 0.4) is 0 Å². The van der Waals surface area contributed by atoms with Crippen molar-refractivity contribution in [3.63, 3.8) is 0 Å². The topological polar surface area (TPSA) is 78.5 Å². The van der Waals surface area contributed by atoms with Crippen molar-refractivity contribution in [3.8, 4) is 0 Å². The van der Waals surface area contributed by atoms with Crippen LogP contribution in [0.1, 0.15) is 36.7 Å². The Labute approximate surface area is 131 Å². The molecule has 2 aromatic carbocycles. The minimum atomic E-state index is -0.564. The summed E-state index contributed by atoms with van der Waals surface area (Å²) in [4.78, 5) is 0. The molecule has 0 aliphatic rings. The first-order valence-electron chi connectivity index (χ1n) is 7.58. The summed E-state index contributed by atoms with van der Waals surface area (Å²) in [7, 11) is 0. The summed E-state index contributed by atoms with van der Waals surface area (Å²) in [5.74, 6) is 0. The Bertz CT molecular complexity index is 574. The van der Waals surface area contributed by atoms with Gasteiger partial charge in [0, 0.05) is 11.7 Å². The number of nitrogen functional groups attached to an aromatic ring is 1. The monoisotopic (exact) mass is 300 g/mol. The highest BCUT2D eigenvalue weighted by molar-refractivity contribution is 5.41. The normalized spacial score (nSPS) is 15.2. The number of anilines is 1. The molecule has 22 heavy (non-hydrogen) atoms. The molecule has 0 aliphatic carbocycles. The fraction of sp³-hybridized carbons (Fsp3) is 0.333. The van der Waals surface area contributed by atoms with Crippen molar-refractivity contribution >= 4 is 5.69 Å². The van der Waals surface area contributed by atoms with Crippen molar-refractivity contribution < 1.29 is 10.2 Å². The molecule has 0 amide bonds. The maximum atomic E-state index is 10.3. The van der Waals surface area contributed by atoms with Crippen LogP contribution in [0.2, 0.25) is 0 Å². The highest BCUT2D eigenvalue weighted by Crippen LogP contribution is 2.19. The van der Waals surface area contributed by atoms with Crippen molar-refractivity contribution in [2.24, 2.45) is 0 Å². The summed E-state index contributed by atoms with van der Waals surface area (Å²) >= 11 is 0. The van der Waals surface area contributed by atoms with Crippen molar-refractivity contribution in [3.05, 3.63) is 65.7 Å². The molecule has 5 N–H and O–H groups in total. The fourth-order valence-corrected chi connectivity index (χ4v) is 2.43. The molecule has 2 aromatic rings. The third-order valence-electron chi connectivity index (χ3n) is 3.79. The molecule has 4 heteroatoms. The second-order valence-corrected chi connectivity index (χ2v) is 5.57. The van der Waals surface area contributed by atoms with E-state index in [1.165, 1.54) is 0 Å². The lowest BCUT2D eigenvalue weighted by atomic mass is 10.0. The van der Waals surface area contributed by atoms with Gasteiger partial charge in [0.15, 0.2) is 0 Å². The number of hydrogen-bond donors (Lipinski definition) is 4. The van der Waals surface area contributed by atoms with Gasteiger partial charge in [-0.3, -0.25) is 0 Å². The molecule has 0 saturated heterocycles. The molecule has 3 atom stereocenters. The number of nitrogens with two attached hydrogens (primary N) is 1. The fourth-order valence-electron chi connectivity index (χ4n) is 2.43. The third kappa shape index (κ3) is 4.56. The standard InChI is InChI=1S/C18H24N2O2/c1-13(18(22)14-6-3-2-4-7-14)20-11-10-17(21)15-8-5-9-16(19)12-15/h2-9,12-13,17-18,20-22H,10-11,19H2,1H3. The Morgan fingerprint density at radius 2 is 1.68 bits per heavy atom. The number of benzene rings is 2. The van der Waals surface area contributed by atoms with Gasteiger partial charge >= 0.3 is 0 Å². The van der Waals surface area contributed by atoms with Crippen LogP contribution in [-0.4, -0.2) is 22.8 Å². The van der Waals surface area contributed by atoms with Gasteiger partial charge in [-0.2, -0.15) is 0 Å². The zero-order valence-corrected chi connectivity index (χ0v) is 12.8. The van der Waals surface area contributed by atoms with Crippen LogP contribution >= 0.6 is 0 Å². The van der Waals surface area contributed by atoms with Crippen molar-refractivity contribution in [1.29, 1.82) is 0 Å². The van der Waals surface area contributed by atoms with Gasteiger partial charge in [-0.15, -0.1) is 0 Å². The van der Waals surface area contributed by atoms with E-state index in [4.69, 9.17) is 5.73 Å². The molecule has 4 nitrogen and oxygen atoms in total. The zero-order chi connectivity index (χ0) is 15.9. The van der Waals surface area contributed by atoms with Gasteiger partial charge in [0.05, 0.1) is 12.2 Å². The lowest BCUT2D eigenvalue weighted by Gasteiger charge is -2.21. The van der Waals surface area contributed by atoms with Crippen LogP contribution in [-0.2, 0) is 0 Å². The maximum Gasteiger partial charge on any atom is 0.0940 e. The summed E-state index contributed by atoms with van der Waals surface area (Å²) < 4.78 is 0. The van der Waals surface area contributed by atoms with Gasteiger partial charge in [-0.25, -0.2) is 0 Å². The van der Waals surface area contributed by atoms with E-state index >= 15 is 0 Å². The first-order chi connectivity index (χ1) is 10.6. The minimum absolute atomic E-state index is 0.0876. The van der Waals surface area contributed by atoms with Gasteiger partial charge < -0.3 is 21.3 Å². The maximum absolute atomic E-state index is 10.3. The van der Waals surface area contributed by atoms with Crippen LogP contribution in [0.25, 0.3) is 0 Å². The first-order valence-corrected chi connectivity index (χ1v) is 7.58. The lowest BCUT2D eigenvalue weighted by molar-refractivity contribution is 0.127. The zero-order valence-electron chi connectivity index (χ0n) is 12.8. The molecule has 0 saturated carbocycles. The Morgan fingerprint density at radius 3 is 2.36 bits per heavy atom. The van der Waals surface area contributed by atoms with Gasteiger partial charge in [0.1, 0.15) is 0 Å². The minimum Gasteiger partial charge on any atom is -0.399 e. The highest BCUT2D eigenvalue weighted by Gasteiger charge is 2.16. The van der Waals surface area contributed by atoms with Crippen molar-refractivity contribution in [2.45, 2.75) is 31.6 Å². The molecule has 0 aromatic heterocycles. The van der Waals surface area contributed by atoms with Crippen LogP contribution < -0.4 is 11.1 Å². The van der Waals surface area contributed by atoms with Crippen LogP contribution in [0.15, 0.2) is 54.6 Å². The SMILES string of the molecule is CC(NCCC(O)c1cccc(N)c1)C(O)c1ccccc1. The van der Waals surface area contributed by atoms with Crippen LogP contribution in [0.4, 0.5) is 5.69 Å². The van der Waals surface area contributed by atoms with Crippen molar-refractivity contribution in [1.82, 2.24) is 5.32 Å². The second kappa shape index (κ2) is 7.94. The summed E-state index contributed by atoms with van der Waals surface area (Å²) in [5.41, 5.74) is 8.07. The van der Waals surface area contributed by atoms with E-state index in [1.807, 2.05) is 49.4 Å². The molecule has 0 spiro atoms. The smallest absolute Gasteiger partial charge is 0.0940 e. The van der Waals surface area contributed by atoms with Gasteiger partial charge in [-0.05, 0) is 43.1 Å². The molecule has 0 bridgehead atoms. The summed E-state index contributed by atoms with van der Waals surface area (Å²) in [5, 5.41) is 23.7. The number of rotatable bonds is 7. The van der Waals surface area contributed by atoms with Crippen LogP contribution in [0, 0.1) is 0 Å². The molecule has 0 radical (unpaired) electrons. The predicted octanol–water partition coefficient (Wildman–Crippen LogP) is 2.40. The first kappa shape index (κ1) is 16.5. The third-order valence-corrected chi connectivity index (χ3v) is 3.79. The van der Waals surface area contributed by atoms with Gasteiger partial charge in [0.25, 0.3) is 0 Å². The molecular formula is C18H24N2O2. The Kier molecular flexibility index (Phi) is 5.95. The van der Waals surface area contributed by atoms with E-state index in [2.05, 4.69) is 5.32 Å². The second-order valence-electron chi connectivity index (χ2n) is 5.57. The molecule has 0 fully saturated rings. The molecule has 2 rings (SSSR count). The average molecular weight is 300 g/mol. The van der Waals surface area contributed by atoms with E-state index in [0.29, 0.717) is 18.7 Å². The van der Waals surface area contributed by atoms with Crippen molar-refractivity contribution in [2.75, 3.05) is 12.3 Å². The number of aliphatic hydroxyl groups excluding tert-OH is 2. The number of hydrogen-bond acceptors (Lipinski definition) is 4. The van der Waals surface area contributed by atoms with Crippen LogP contribution in [0.5, 0.6) is 0 Å². The van der Waals surface area contributed by atoms with Gasteiger partial charge in [-0.1, -0.05) is 42.5 Å². The van der Waals surface area contributed by atoms with E-state index in [1.54, 1.807) is 12.1 Å². The quantitative estimate of drug-likeness (QED) is 0.592. The Morgan fingerprint density at radius 1 is 1.00 bits per heavy atom. The molecule has 0 aliphatic heterocycles. The number of nitrogens with one attached hydrogen (secondary N) is 1. The molecule has 3 unspecified atom stereocenters.